The molecule has 1 fully saturated rings. The van der Waals surface area contributed by atoms with E-state index in [0.717, 1.165) is 18.4 Å². The molecule has 0 aromatic rings. The Morgan fingerprint density at radius 1 is 1.55 bits per heavy atom. The van der Waals surface area contributed by atoms with Crippen LogP contribution in [0.15, 0.2) is 4.99 Å². The molecule has 0 bridgehead atoms. The zero-order valence-corrected chi connectivity index (χ0v) is 7.85. The van der Waals surface area contributed by atoms with Crippen LogP contribution in [-0.4, -0.2) is 18.0 Å². The van der Waals surface area contributed by atoms with E-state index in [2.05, 4.69) is 11.9 Å². The van der Waals surface area contributed by atoms with Crippen LogP contribution < -0.4 is 0 Å². The van der Waals surface area contributed by atoms with Crippen molar-refractivity contribution in [3.05, 3.63) is 0 Å². The second kappa shape index (κ2) is 2.84. The van der Waals surface area contributed by atoms with Gasteiger partial charge in [-0.2, -0.15) is 0 Å². The average molecular weight is 155 g/mol. The Morgan fingerprint density at radius 3 is 2.64 bits per heavy atom. The van der Waals surface area contributed by atoms with Gasteiger partial charge in [0.1, 0.15) is 0 Å². The average Bonchev–Trinajstić information content (AvgIpc) is 2.63. The van der Waals surface area contributed by atoms with Gasteiger partial charge in [-0.25, -0.2) is 4.99 Å². The zero-order valence-electron chi connectivity index (χ0n) is 7.85. The third-order valence-electron chi connectivity index (χ3n) is 2.29. The van der Waals surface area contributed by atoms with E-state index in [1.54, 1.807) is 0 Å². The summed E-state index contributed by atoms with van der Waals surface area (Å²) in [7, 11) is 0. The van der Waals surface area contributed by atoms with E-state index in [0.29, 0.717) is 0 Å². The summed E-state index contributed by atoms with van der Waals surface area (Å²) < 4.78 is 5.25. The normalized spacial score (nSPS) is 38.9. The highest BCUT2D eigenvalue weighted by Gasteiger charge is 2.52. The van der Waals surface area contributed by atoms with Crippen LogP contribution in [0.5, 0.6) is 0 Å². The van der Waals surface area contributed by atoms with Crippen LogP contribution in [0.4, 0.5) is 0 Å². The lowest BCUT2D eigenvalue weighted by Gasteiger charge is -2.14. The SMILES string of the molecule is CC.CC1=NC2(C)CC2CO1. The molecule has 1 saturated carbocycles. The maximum atomic E-state index is 5.25. The lowest BCUT2D eigenvalue weighted by molar-refractivity contribution is 0.253. The van der Waals surface area contributed by atoms with Gasteiger partial charge >= 0.3 is 0 Å². The van der Waals surface area contributed by atoms with E-state index >= 15 is 0 Å². The third-order valence-corrected chi connectivity index (χ3v) is 2.29. The molecule has 64 valence electrons. The number of hydrogen-bond acceptors (Lipinski definition) is 2. The van der Waals surface area contributed by atoms with Crippen LogP contribution in [0.25, 0.3) is 0 Å². The fourth-order valence-corrected chi connectivity index (χ4v) is 1.43. The van der Waals surface area contributed by atoms with Gasteiger partial charge in [0, 0.05) is 12.8 Å². The molecule has 0 saturated heterocycles. The zero-order chi connectivity index (χ0) is 8.48. The van der Waals surface area contributed by atoms with Crippen molar-refractivity contribution in [2.45, 2.75) is 39.7 Å². The Labute approximate surface area is 68.7 Å². The summed E-state index contributed by atoms with van der Waals surface area (Å²) in [6, 6.07) is 0. The molecule has 0 aromatic heterocycles. The number of nitrogens with zero attached hydrogens (tertiary/aromatic N) is 1. The molecule has 0 radical (unpaired) electrons. The van der Waals surface area contributed by atoms with Gasteiger partial charge in [-0.1, -0.05) is 13.8 Å². The summed E-state index contributed by atoms with van der Waals surface area (Å²) in [5, 5.41) is 0. The molecule has 1 aliphatic carbocycles. The molecule has 2 atom stereocenters. The summed E-state index contributed by atoms with van der Waals surface area (Å²) in [5.41, 5.74) is 0.280. The van der Waals surface area contributed by atoms with Crippen molar-refractivity contribution in [3.63, 3.8) is 0 Å². The lowest BCUT2D eigenvalue weighted by atomic mass is 10.2. The maximum absolute atomic E-state index is 5.25. The molecule has 1 heterocycles. The first kappa shape index (κ1) is 8.57. The minimum atomic E-state index is 0.280. The van der Waals surface area contributed by atoms with E-state index in [9.17, 15) is 0 Å². The Kier molecular flexibility index (Phi) is 2.21. The summed E-state index contributed by atoms with van der Waals surface area (Å²) >= 11 is 0. The van der Waals surface area contributed by atoms with Crippen LogP contribution in [-0.2, 0) is 4.74 Å². The Balaban J connectivity index is 0.000000281. The Bertz CT molecular complexity index is 176. The predicted octanol–water partition coefficient (Wildman–Crippen LogP) is 2.24. The molecule has 2 nitrogen and oxygen atoms in total. The highest BCUT2D eigenvalue weighted by molar-refractivity contribution is 5.75. The standard InChI is InChI=1S/C7H11NO.C2H6/c1-5-8-7(2)3-6(7)4-9-5;1-2/h6H,3-4H2,1-2H3;1-2H3. The highest BCUT2D eigenvalue weighted by atomic mass is 16.5. The van der Waals surface area contributed by atoms with E-state index in [1.165, 1.54) is 6.42 Å². The molecule has 1 aliphatic heterocycles. The van der Waals surface area contributed by atoms with Crippen molar-refractivity contribution in [3.8, 4) is 0 Å². The Morgan fingerprint density at radius 2 is 2.18 bits per heavy atom. The smallest absolute Gasteiger partial charge is 0.180 e. The number of ether oxygens (including phenoxy) is 1. The van der Waals surface area contributed by atoms with Crippen LogP contribution >= 0.6 is 0 Å². The first-order chi connectivity index (χ1) is 5.21. The third kappa shape index (κ3) is 1.55. The summed E-state index contributed by atoms with van der Waals surface area (Å²) in [5.74, 6) is 1.59. The first-order valence-electron chi connectivity index (χ1n) is 4.40. The van der Waals surface area contributed by atoms with Crippen molar-refractivity contribution in [1.82, 2.24) is 0 Å². The topological polar surface area (TPSA) is 21.6 Å². The molecular formula is C9H17NO. The largest absolute Gasteiger partial charge is 0.481 e. The minimum Gasteiger partial charge on any atom is -0.481 e. The molecule has 2 aliphatic rings. The predicted molar refractivity (Wildman–Crippen MR) is 46.9 cm³/mol. The molecule has 2 unspecified atom stereocenters. The van der Waals surface area contributed by atoms with Crippen LogP contribution in [0.2, 0.25) is 0 Å². The number of rotatable bonds is 0. The fraction of sp³-hybridized carbons (Fsp3) is 0.889. The summed E-state index contributed by atoms with van der Waals surface area (Å²) in [6.07, 6.45) is 1.23. The van der Waals surface area contributed by atoms with Gasteiger partial charge in [-0.15, -0.1) is 0 Å². The molecule has 0 aromatic carbocycles. The first-order valence-corrected chi connectivity index (χ1v) is 4.40. The van der Waals surface area contributed by atoms with Crippen LogP contribution in [0, 0.1) is 5.92 Å². The highest BCUT2D eigenvalue weighted by Crippen LogP contribution is 2.48. The number of aliphatic imine (C=N–C) groups is 1. The number of fused-ring (bicyclic) bond motifs is 1. The van der Waals surface area contributed by atoms with Crippen LogP contribution in [0.1, 0.15) is 34.1 Å². The van der Waals surface area contributed by atoms with E-state index in [1.807, 2.05) is 20.8 Å². The van der Waals surface area contributed by atoms with Crippen molar-refractivity contribution in [2.75, 3.05) is 6.61 Å². The van der Waals surface area contributed by atoms with Gasteiger partial charge in [0.25, 0.3) is 0 Å². The fourth-order valence-electron chi connectivity index (χ4n) is 1.43. The minimum absolute atomic E-state index is 0.280. The second-order valence-corrected chi connectivity index (χ2v) is 3.20. The van der Waals surface area contributed by atoms with E-state index in [4.69, 9.17) is 4.74 Å². The molecular weight excluding hydrogens is 138 g/mol. The molecule has 2 heteroatoms. The van der Waals surface area contributed by atoms with Crippen molar-refractivity contribution >= 4 is 5.90 Å². The lowest BCUT2D eigenvalue weighted by Crippen LogP contribution is -2.18. The summed E-state index contributed by atoms with van der Waals surface area (Å²) in [6.45, 7) is 9.02. The summed E-state index contributed by atoms with van der Waals surface area (Å²) in [4.78, 5) is 4.38. The molecule has 0 amide bonds. The van der Waals surface area contributed by atoms with Gasteiger partial charge in [0.2, 0.25) is 0 Å². The quantitative estimate of drug-likeness (QED) is 0.525. The van der Waals surface area contributed by atoms with Crippen molar-refractivity contribution < 1.29 is 4.74 Å². The van der Waals surface area contributed by atoms with Gasteiger partial charge in [0.15, 0.2) is 5.90 Å². The van der Waals surface area contributed by atoms with Gasteiger partial charge in [0.05, 0.1) is 12.1 Å². The van der Waals surface area contributed by atoms with Gasteiger partial charge < -0.3 is 4.74 Å². The Hall–Kier alpha value is -0.530. The van der Waals surface area contributed by atoms with Gasteiger partial charge in [-0.3, -0.25) is 0 Å². The molecule has 0 N–H and O–H groups in total. The second-order valence-electron chi connectivity index (χ2n) is 3.20. The monoisotopic (exact) mass is 155 g/mol. The van der Waals surface area contributed by atoms with Crippen LogP contribution in [0.3, 0.4) is 0 Å². The molecule has 11 heavy (non-hydrogen) atoms. The van der Waals surface area contributed by atoms with E-state index < -0.39 is 0 Å². The molecule has 0 spiro atoms. The van der Waals surface area contributed by atoms with Gasteiger partial charge in [-0.05, 0) is 13.3 Å². The molecule has 2 rings (SSSR count). The van der Waals surface area contributed by atoms with Crippen molar-refractivity contribution in [1.29, 1.82) is 0 Å². The van der Waals surface area contributed by atoms with E-state index in [-0.39, 0.29) is 5.54 Å². The number of hydrogen-bond donors (Lipinski definition) is 0. The maximum Gasteiger partial charge on any atom is 0.180 e. The van der Waals surface area contributed by atoms with Crippen molar-refractivity contribution in [2.24, 2.45) is 10.9 Å².